The van der Waals surface area contributed by atoms with E-state index in [4.69, 9.17) is 5.73 Å². The van der Waals surface area contributed by atoms with E-state index in [0.29, 0.717) is 12.1 Å². The molecule has 1 nitrogen and oxygen atoms in total. The quantitative estimate of drug-likeness (QED) is 0.829. The van der Waals surface area contributed by atoms with Crippen molar-refractivity contribution in [3.63, 3.8) is 0 Å². The van der Waals surface area contributed by atoms with E-state index in [0.717, 1.165) is 12.1 Å². The monoisotopic (exact) mass is 267 g/mol. The van der Waals surface area contributed by atoms with E-state index in [1.165, 1.54) is 13.8 Å². The zero-order chi connectivity index (χ0) is 14.2. The first-order valence-corrected chi connectivity index (χ1v) is 5.28. The summed E-state index contributed by atoms with van der Waals surface area (Å²) in [5.41, 5.74) is 2.33. The molecule has 0 spiro atoms. The third kappa shape index (κ3) is 2.63. The molecule has 0 saturated carbocycles. The van der Waals surface area contributed by atoms with Gasteiger partial charge in [-0.1, -0.05) is 26.0 Å². The fourth-order valence-electron chi connectivity index (χ4n) is 1.39. The summed E-state index contributed by atoms with van der Waals surface area (Å²) in [5.74, 6) is -3.29. The molecule has 0 bridgehead atoms. The van der Waals surface area contributed by atoms with Crippen molar-refractivity contribution in [3.8, 4) is 0 Å². The minimum Gasteiger partial charge on any atom is -0.330 e. The van der Waals surface area contributed by atoms with Gasteiger partial charge in [-0.3, -0.25) is 0 Å². The number of nitrogens with two attached hydrogens (primary N) is 1. The largest absolute Gasteiger partial charge is 0.416 e. The predicted octanol–water partition coefficient (Wildman–Crippen LogP) is 3.78. The van der Waals surface area contributed by atoms with E-state index in [1.807, 2.05) is 0 Å². The Bertz CT molecular complexity index is 405. The maximum Gasteiger partial charge on any atom is 0.416 e. The van der Waals surface area contributed by atoms with Gasteiger partial charge in [-0.05, 0) is 12.1 Å². The summed E-state index contributed by atoms with van der Waals surface area (Å²) in [5, 5.41) is 0. The summed E-state index contributed by atoms with van der Waals surface area (Å²) in [6.45, 7) is 2.26. The highest BCUT2D eigenvalue weighted by Gasteiger charge is 2.47. The lowest BCUT2D eigenvalue weighted by Gasteiger charge is -2.33. The van der Waals surface area contributed by atoms with Crippen LogP contribution in [0, 0.1) is 5.41 Å². The zero-order valence-corrected chi connectivity index (χ0v) is 9.98. The normalized spacial score (nSPS) is 13.8. The fraction of sp³-hybridized carbons (Fsp3) is 0.500. The van der Waals surface area contributed by atoms with Crippen LogP contribution in [0.4, 0.5) is 22.0 Å². The minimum atomic E-state index is -4.53. The molecule has 2 N–H and O–H groups in total. The molecule has 0 saturated heterocycles. The molecule has 0 amide bonds. The van der Waals surface area contributed by atoms with Gasteiger partial charge in [0.05, 0.1) is 5.56 Å². The van der Waals surface area contributed by atoms with Crippen molar-refractivity contribution < 1.29 is 22.0 Å². The van der Waals surface area contributed by atoms with E-state index in [2.05, 4.69) is 0 Å². The van der Waals surface area contributed by atoms with E-state index < -0.39 is 28.6 Å². The Hall–Kier alpha value is -1.17. The van der Waals surface area contributed by atoms with Crippen molar-refractivity contribution in [1.82, 2.24) is 0 Å². The Morgan fingerprint density at radius 3 is 1.61 bits per heavy atom. The lowest BCUT2D eigenvalue weighted by atomic mass is 9.81. The molecule has 102 valence electrons. The third-order valence-electron chi connectivity index (χ3n) is 2.94. The van der Waals surface area contributed by atoms with Gasteiger partial charge in [-0.25, -0.2) is 8.78 Å². The van der Waals surface area contributed by atoms with Gasteiger partial charge < -0.3 is 5.73 Å². The van der Waals surface area contributed by atoms with Gasteiger partial charge in [0.2, 0.25) is 0 Å². The van der Waals surface area contributed by atoms with Crippen molar-refractivity contribution >= 4 is 0 Å². The zero-order valence-electron chi connectivity index (χ0n) is 9.98. The molecular weight excluding hydrogens is 253 g/mol. The standard InChI is InChI=1S/C12H14F5N/c1-10(2,7-18)11(13,14)8-3-5-9(6-4-8)12(15,16)17/h3-6H,7,18H2,1-2H3. The molecule has 1 aromatic rings. The Morgan fingerprint density at radius 1 is 0.889 bits per heavy atom. The average molecular weight is 267 g/mol. The summed E-state index contributed by atoms with van der Waals surface area (Å²) in [6, 6.07) is 2.88. The van der Waals surface area contributed by atoms with Gasteiger partial charge in [-0.2, -0.15) is 13.2 Å². The van der Waals surface area contributed by atoms with Crippen molar-refractivity contribution in [2.75, 3.05) is 6.54 Å². The molecule has 0 fully saturated rings. The first kappa shape index (κ1) is 14.9. The van der Waals surface area contributed by atoms with Gasteiger partial charge in [0.1, 0.15) is 0 Å². The van der Waals surface area contributed by atoms with Crippen LogP contribution in [-0.2, 0) is 12.1 Å². The summed E-state index contributed by atoms with van der Waals surface area (Å²) in [6.07, 6.45) is -4.53. The van der Waals surface area contributed by atoms with Crippen LogP contribution in [0.3, 0.4) is 0 Å². The first-order valence-electron chi connectivity index (χ1n) is 5.28. The second kappa shape index (κ2) is 4.50. The molecule has 1 aromatic carbocycles. The third-order valence-corrected chi connectivity index (χ3v) is 2.94. The Balaban J connectivity index is 3.13. The number of rotatable bonds is 3. The highest BCUT2D eigenvalue weighted by molar-refractivity contribution is 5.28. The maximum atomic E-state index is 14.0. The lowest BCUT2D eigenvalue weighted by Crippen LogP contribution is -2.40. The van der Waals surface area contributed by atoms with E-state index in [-0.39, 0.29) is 6.54 Å². The summed E-state index contributed by atoms with van der Waals surface area (Å²) < 4.78 is 64.9. The fourth-order valence-corrected chi connectivity index (χ4v) is 1.39. The molecule has 0 aliphatic rings. The number of halogens is 5. The molecule has 0 aromatic heterocycles. The highest BCUT2D eigenvalue weighted by Crippen LogP contribution is 2.44. The molecule has 0 unspecified atom stereocenters. The molecule has 0 radical (unpaired) electrons. The van der Waals surface area contributed by atoms with Gasteiger partial charge in [-0.15, -0.1) is 0 Å². The summed E-state index contributed by atoms with van der Waals surface area (Å²) in [7, 11) is 0. The first-order chi connectivity index (χ1) is 8.02. The summed E-state index contributed by atoms with van der Waals surface area (Å²) >= 11 is 0. The van der Waals surface area contributed by atoms with Gasteiger partial charge in [0, 0.05) is 17.5 Å². The van der Waals surface area contributed by atoms with Crippen LogP contribution in [0.5, 0.6) is 0 Å². The van der Waals surface area contributed by atoms with Crippen LogP contribution in [-0.4, -0.2) is 6.54 Å². The predicted molar refractivity (Wildman–Crippen MR) is 58.2 cm³/mol. The van der Waals surface area contributed by atoms with E-state index >= 15 is 0 Å². The van der Waals surface area contributed by atoms with Crippen LogP contribution < -0.4 is 5.73 Å². The van der Waals surface area contributed by atoms with Crippen LogP contribution in [0.2, 0.25) is 0 Å². The Labute approximate surface area is 102 Å². The van der Waals surface area contributed by atoms with Gasteiger partial charge in [0.25, 0.3) is 5.92 Å². The van der Waals surface area contributed by atoms with Crippen molar-refractivity contribution in [2.45, 2.75) is 25.9 Å². The molecule has 0 aliphatic carbocycles. The number of alkyl halides is 5. The molecule has 18 heavy (non-hydrogen) atoms. The van der Waals surface area contributed by atoms with Crippen molar-refractivity contribution in [2.24, 2.45) is 11.1 Å². The highest BCUT2D eigenvalue weighted by atomic mass is 19.4. The van der Waals surface area contributed by atoms with Crippen molar-refractivity contribution in [3.05, 3.63) is 35.4 Å². The second-order valence-electron chi connectivity index (χ2n) is 4.74. The van der Waals surface area contributed by atoms with Gasteiger partial charge >= 0.3 is 6.18 Å². The van der Waals surface area contributed by atoms with Crippen LogP contribution in [0.1, 0.15) is 25.0 Å². The molecule has 0 aliphatic heterocycles. The van der Waals surface area contributed by atoms with Crippen molar-refractivity contribution in [1.29, 1.82) is 0 Å². The number of benzene rings is 1. The summed E-state index contributed by atoms with van der Waals surface area (Å²) in [4.78, 5) is 0. The van der Waals surface area contributed by atoms with Crippen LogP contribution in [0.25, 0.3) is 0 Å². The minimum absolute atomic E-state index is 0.277. The van der Waals surface area contributed by atoms with E-state index in [1.54, 1.807) is 0 Å². The van der Waals surface area contributed by atoms with Gasteiger partial charge in [0.15, 0.2) is 0 Å². The Kier molecular flexibility index (Phi) is 3.72. The van der Waals surface area contributed by atoms with Crippen LogP contribution >= 0.6 is 0 Å². The molecule has 0 atom stereocenters. The maximum absolute atomic E-state index is 14.0. The molecule has 0 heterocycles. The smallest absolute Gasteiger partial charge is 0.330 e. The molecule has 6 heteroatoms. The second-order valence-corrected chi connectivity index (χ2v) is 4.74. The van der Waals surface area contributed by atoms with E-state index in [9.17, 15) is 22.0 Å². The molecule has 1 rings (SSSR count). The average Bonchev–Trinajstić information content (AvgIpc) is 2.27. The number of hydrogen-bond donors (Lipinski definition) is 1. The number of hydrogen-bond acceptors (Lipinski definition) is 1. The Morgan fingerprint density at radius 2 is 1.28 bits per heavy atom. The molecular formula is C12H14F5N. The van der Waals surface area contributed by atoms with Crippen LogP contribution in [0.15, 0.2) is 24.3 Å². The lowest BCUT2D eigenvalue weighted by molar-refractivity contribution is -0.137. The SMILES string of the molecule is CC(C)(CN)C(F)(F)c1ccc(C(F)(F)F)cc1. The topological polar surface area (TPSA) is 26.0 Å².